The molecule has 1 rings (SSSR count). The number of rotatable bonds is 13. The van der Waals surface area contributed by atoms with Crippen LogP contribution in [0.3, 0.4) is 0 Å². The normalized spacial score (nSPS) is 12.2. The Morgan fingerprint density at radius 1 is 0.828 bits per heavy atom. The molecule has 0 aliphatic rings. The van der Waals surface area contributed by atoms with Gasteiger partial charge < -0.3 is 4.74 Å². The average molecular weight is 399 g/mol. The maximum atomic E-state index is 6.18. The topological polar surface area (TPSA) is 9.23 Å². The van der Waals surface area contributed by atoms with Crippen LogP contribution in [0.25, 0.3) is 0 Å². The lowest BCUT2D eigenvalue weighted by atomic mass is 9.96. The highest BCUT2D eigenvalue weighted by Gasteiger charge is 2.27. The third kappa shape index (κ3) is 12.5. The van der Waals surface area contributed by atoms with Crippen LogP contribution < -0.4 is 0 Å². The van der Waals surface area contributed by atoms with Gasteiger partial charge in [0.05, 0.1) is 5.76 Å². The van der Waals surface area contributed by atoms with Crippen molar-refractivity contribution in [2.75, 3.05) is 0 Å². The molecular formula is C28H46O. The Morgan fingerprint density at radius 2 is 1.31 bits per heavy atom. The van der Waals surface area contributed by atoms with Crippen molar-refractivity contribution in [1.82, 2.24) is 0 Å². The second-order valence-corrected chi connectivity index (χ2v) is 8.29. The van der Waals surface area contributed by atoms with Crippen molar-refractivity contribution in [1.29, 1.82) is 0 Å². The van der Waals surface area contributed by atoms with E-state index >= 15 is 0 Å². The van der Waals surface area contributed by atoms with Crippen LogP contribution in [0.5, 0.6) is 0 Å². The maximum absolute atomic E-state index is 6.18. The maximum Gasteiger partial charge on any atom is 0.191 e. The first kappa shape index (κ1) is 27.3. The van der Waals surface area contributed by atoms with Gasteiger partial charge in [0.1, 0.15) is 0 Å². The Hall–Kier alpha value is -1.68. The van der Waals surface area contributed by atoms with Gasteiger partial charge in [-0.25, -0.2) is 0 Å². The lowest BCUT2D eigenvalue weighted by Gasteiger charge is -2.28. The number of hydrogen-bond acceptors (Lipinski definition) is 1. The van der Waals surface area contributed by atoms with E-state index in [1.54, 1.807) is 0 Å². The van der Waals surface area contributed by atoms with Crippen molar-refractivity contribution in [2.24, 2.45) is 0 Å². The zero-order valence-electron chi connectivity index (χ0n) is 20.2. The summed E-state index contributed by atoms with van der Waals surface area (Å²) in [7, 11) is 0. The van der Waals surface area contributed by atoms with Crippen molar-refractivity contribution in [3.63, 3.8) is 0 Å². The second-order valence-electron chi connectivity index (χ2n) is 8.29. The van der Waals surface area contributed by atoms with Crippen LogP contribution in [-0.2, 0) is 10.3 Å². The molecule has 1 aromatic carbocycles. The van der Waals surface area contributed by atoms with Crippen LogP contribution in [0.1, 0.15) is 118 Å². The Kier molecular flexibility index (Phi) is 16.2. The molecule has 0 aromatic heterocycles. The quantitative estimate of drug-likeness (QED) is 0.183. The van der Waals surface area contributed by atoms with Crippen molar-refractivity contribution < 1.29 is 4.74 Å². The second kappa shape index (κ2) is 17.2. The van der Waals surface area contributed by atoms with Crippen LogP contribution in [0.4, 0.5) is 0 Å². The molecule has 29 heavy (non-hydrogen) atoms. The Morgan fingerprint density at radius 3 is 1.72 bits per heavy atom. The van der Waals surface area contributed by atoms with E-state index in [1.807, 2.05) is 37.3 Å². The molecule has 0 bridgehead atoms. The predicted molar refractivity (Wildman–Crippen MR) is 130 cm³/mol. The fraction of sp³-hybridized carbons (Fsp3) is 0.643. The molecule has 0 spiro atoms. The minimum absolute atomic E-state index is 0.693. The molecule has 1 unspecified atom stereocenters. The number of unbranched alkanes of at least 4 members (excludes halogenated alkanes) is 8. The lowest BCUT2D eigenvalue weighted by molar-refractivity contribution is 0.0596. The molecule has 164 valence electrons. The summed E-state index contributed by atoms with van der Waals surface area (Å²) in [6.07, 6.45) is 20.4. The van der Waals surface area contributed by atoms with Gasteiger partial charge in [0.15, 0.2) is 5.60 Å². The van der Waals surface area contributed by atoms with Crippen LogP contribution in [0.2, 0.25) is 0 Å². The highest BCUT2D eigenvalue weighted by atomic mass is 16.5. The van der Waals surface area contributed by atoms with E-state index < -0.39 is 5.60 Å². The van der Waals surface area contributed by atoms with Gasteiger partial charge in [-0.1, -0.05) is 115 Å². The van der Waals surface area contributed by atoms with E-state index in [0.717, 1.165) is 30.6 Å². The molecule has 0 aliphatic carbocycles. The summed E-state index contributed by atoms with van der Waals surface area (Å²) < 4.78 is 6.18. The zero-order chi connectivity index (χ0) is 22.0. The zero-order valence-corrected chi connectivity index (χ0v) is 20.2. The third-order valence-corrected chi connectivity index (χ3v) is 5.20. The molecule has 0 heterocycles. The van der Waals surface area contributed by atoms with Crippen molar-refractivity contribution in [3.8, 4) is 12.3 Å². The molecule has 0 N–H and O–H groups in total. The summed E-state index contributed by atoms with van der Waals surface area (Å²) in [5, 5.41) is 0. The molecule has 0 saturated carbocycles. The summed E-state index contributed by atoms with van der Waals surface area (Å²) in [4.78, 5) is 0. The van der Waals surface area contributed by atoms with Gasteiger partial charge in [-0.2, -0.15) is 0 Å². The highest BCUT2D eigenvalue weighted by molar-refractivity contribution is 5.30. The summed E-state index contributed by atoms with van der Waals surface area (Å²) >= 11 is 0. The largest absolute Gasteiger partial charge is 0.475 e. The molecule has 0 aliphatic heterocycles. The first-order valence-corrected chi connectivity index (χ1v) is 11.8. The average Bonchev–Trinajstić information content (AvgIpc) is 2.74. The summed E-state index contributed by atoms with van der Waals surface area (Å²) in [5.74, 6) is 3.82. The van der Waals surface area contributed by atoms with Crippen molar-refractivity contribution in [3.05, 3.63) is 47.2 Å². The first-order valence-electron chi connectivity index (χ1n) is 11.8. The van der Waals surface area contributed by atoms with Gasteiger partial charge >= 0.3 is 0 Å². The minimum atomic E-state index is -0.693. The lowest BCUT2D eigenvalue weighted by Crippen LogP contribution is -2.24. The minimum Gasteiger partial charge on any atom is -0.475 e. The number of benzene rings is 1. The fourth-order valence-electron chi connectivity index (χ4n) is 3.12. The number of allylic oxidation sites excluding steroid dienone is 2. The van der Waals surface area contributed by atoms with Gasteiger partial charge in [-0.3, -0.25) is 0 Å². The Bertz CT molecular complexity index is 566. The molecule has 0 radical (unpaired) electrons. The van der Waals surface area contributed by atoms with E-state index in [0.29, 0.717) is 0 Å². The first-order chi connectivity index (χ1) is 13.9. The van der Waals surface area contributed by atoms with E-state index in [2.05, 4.69) is 40.5 Å². The van der Waals surface area contributed by atoms with Gasteiger partial charge in [0.25, 0.3) is 0 Å². The monoisotopic (exact) mass is 398 g/mol. The predicted octanol–water partition coefficient (Wildman–Crippen LogP) is 9.18. The van der Waals surface area contributed by atoms with E-state index in [-0.39, 0.29) is 0 Å². The molecular weight excluding hydrogens is 352 g/mol. The van der Waals surface area contributed by atoms with Crippen LogP contribution >= 0.6 is 0 Å². The molecule has 1 aromatic rings. The van der Waals surface area contributed by atoms with Crippen molar-refractivity contribution >= 4 is 0 Å². The van der Waals surface area contributed by atoms with Gasteiger partial charge in [0, 0.05) is 12.0 Å². The van der Waals surface area contributed by atoms with Gasteiger partial charge in [-0.15, -0.1) is 6.42 Å². The Labute approximate surface area is 182 Å². The summed E-state index contributed by atoms with van der Waals surface area (Å²) in [6.45, 7) is 12.8. The van der Waals surface area contributed by atoms with Crippen LogP contribution in [0.15, 0.2) is 41.7 Å². The fourth-order valence-corrected chi connectivity index (χ4v) is 3.12. The smallest absolute Gasteiger partial charge is 0.191 e. The number of ether oxygens (including phenoxy) is 1. The van der Waals surface area contributed by atoms with E-state index in [1.165, 1.54) is 56.9 Å². The number of hydrogen-bond donors (Lipinski definition) is 0. The van der Waals surface area contributed by atoms with Crippen LogP contribution in [-0.4, -0.2) is 0 Å². The van der Waals surface area contributed by atoms with E-state index in [9.17, 15) is 0 Å². The van der Waals surface area contributed by atoms with E-state index in [4.69, 9.17) is 11.2 Å². The van der Waals surface area contributed by atoms with Crippen LogP contribution in [0, 0.1) is 12.3 Å². The molecule has 1 heteroatoms. The van der Waals surface area contributed by atoms with Gasteiger partial charge in [-0.05, 0) is 32.8 Å². The SMILES string of the molecule is C#CC(C)(OC(CCCC)=C(C)C)c1ccccc1.CCCCCCCCCC. The molecule has 1 atom stereocenters. The Balaban J connectivity index is 0.000000665. The highest BCUT2D eigenvalue weighted by Crippen LogP contribution is 2.30. The van der Waals surface area contributed by atoms with Gasteiger partial charge in [0.2, 0.25) is 0 Å². The molecule has 0 saturated heterocycles. The van der Waals surface area contributed by atoms with Crippen molar-refractivity contribution in [2.45, 2.75) is 118 Å². The summed E-state index contributed by atoms with van der Waals surface area (Å²) in [6, 6.07) is 10.00. The summed E-state index contributed by atoms with van der Waals surface area (Å²) in [5.41, 5.74) is 1.53. The molecule has 0 fully saturated rings. The third-order valence-electron chi connectivity index (χ3n) is 5.20. The molecule has 0 amide bonds. The molecule has 1 nitrogen and oxygen atoms in total. The standard InChI is InChI=1S/C18H24O.C10H22/c1-6-8-14-17(15(3)4)19-18(5,7-2)16-12-10-9-11-13-16;1-3-5-7-9-10-8-6-4-2/h2,9-13H,6,8,14H2,1,3-5H3;3-10H2,1-2H3. The number of terminal acetylenes is 1.